The molecule has 0 amide bonds. The summed E-state index contributed by atoms with van der Waals surface area (Å²) in [5, 5.41) is 0. The zero-order valence-corrected chi connectivity index (χ0v) is 10.5. The summed E-state index contributed by atoms with van der Waals surface area (Å²) in [5.74, 6) is 0. The molecule has 0 radical (unpaired) electrons. The molecule has 0 saturated carbocycles. The van der Waals surface area contributed by atoms with Gasteiger partial charge in [0.1, 0.15) is 0 Å². The van der Waals surface area contributed by atoms with E-state index in [2.05, 4.69) is 33.4 Å². The number of hydrogen-bond donors (Lipinski definition) is 0. The van der Waals surface area contributed by atoms with Crippen molar-refractivity contribution in [2.75, 3.05) is 0 Å². The van der Waals surface area contributed by atoms with E-state index >= 15 is 0 Å². The average Bonchev–Trinajstić information content (AvgIpc) is 2.18. The predicted molar refractivity (Wildman–Crippen MR) is 66.2 cm³/mol. The van der Waals surface area contributed by atoms with E-state index in [-0.39, 0.29) is 0 Å². The van der Waals surface area contributed by atoms with Gasteiger partial charge in [0, 0.05) is 0 Å². The minimum absolute atomic E-state index is 1.10. The molecular formula is C13H28. The van der Waals surface area contributed by atoms with Gasteiger partial charge < -0.3 is 0 Å². The number of rotatable bonds is 3. The first-order valence-corrected chi connectivity index (χ1v) is 5.51. The van der Waals surface area contributed by atoms with Crippen molar-refractivity contribution in [2.45, 2.75) is 60.8 Å². The quantitative estimate of drug-likeness (QED) is 0.518. The van der Waals surface area contributed by atoms with Crippen LogP contribution in [0, 0.1) is 0 Å². The van der Waals surface area contributed by atoms with Crippen LogP contribution in [0.3, 0.4) is 0 Å². The van der Waals surface area contributed by atoms with Crippen LogP contribution in [0.4, 0.5) is 0 Å². The molecule has 0 aliphatic carbocycles. The molecule has 80 valence electrons. The SMILES string of the molecule is C=C(C)/C=C\CC.CC.CCCC. The third kappa shape index (κ3) is 51.4. The van der Waals surface area contributed by atoms with Crippen molar-refractivity contribution < 1.29 is 0 Å². The van der Waals surface area contributed by atoms with E-state index in [1.54, 1.807) is 0 Å². The van der Waals surface area contributed by atoms with Gasteiger partial charge in [-0.3, -0.25) is 0 Å². The Labute approximate surface area is 85.8 Å². The topological polar surface area (TPSA) is 0 Å². The molecule has 0 rings (SSSR count). The molecule has 0 aromatic heterocycles. The third-order valence-corrected chi connectivity index (χ3v) is 1.14. The molecule has 0 saturated heterocycles. The molecule has 0 unspecified atom stereocenters. The summed E-state index contributed by atoms with van der Waals surface area (Å²) in [5.41, 5.74) is 1.13. The molecule has 0 aromatic rings. The lowest BCUT2D eigenvalue weighted by Gasteiger charge is -1.79. The maximum Gasteiger partial charge on any atom is -0.0376 e. The van der Waals surface area contributed by atoms with Crippen LogP contribution in [0.5, 0.6) is 0 Å². The van der Waals surface area contributed by atoms with Gasteiger partial charge in [0.2, 0.25) is 0 Å². The highest BCUT2D eigenvalue weighted by molar-refractivity contribution is 5.10. The fourth-order valence-electron chi connectivity index (χ4n) is 0.319. The molecule has 13 heavy (non-hydrogen) atoms. The van der Waals surface area contributed by atoms with Crippen molar-refractivity contribution in [2.24, 2.45) is 0 Å². The molecule has 0 nitrogen and oxygen atoms in total. The van der Waals surface area contributed by atoms with Crippen molar-refractivity contribution in [3.8, 4) is 0 Å². The second-order valence-corrected chi connectivity index (χ2v) is 2.66. The molecule has 0 aromatic carbocycles. The van der Waals surface area contributed by atoms with Crippen LogP contribution in [0.15, 0.2) is 24.3 Å². The minimum Gasteiger partial charge on any atom is -0.0961 e. The summed E-state index contributed by atoms with van der Waals surface area (Å²) in [4.78, 5) is 0. The zero-order valence-electron chi connectivity index (χ0n) is 10.5. The van der Waals surface area contributed by atoms with Gasteiger partial charge in [0.15, 0.2) is 0 Å². The van der Waals surface area contributed by atoms with Crippen LogP contribution < -0.4 is 0 Å². The van der Waals surface area contributed by atoms with Gasteiger partial charge in [-0.25, -0.2) is 0 Å². The van der Waals surface area contributed by atoms with Gasteiger partial charge >= 0.3 is 0 Å². The van der Waals surface area contributed by atoms with Crippen LogP contribution in [0.1, 0.15) is 60.8 Å². The number of allylic oxidation sites excluding steroid dienone is 3. The van der Waals surface area contributed by atoms with Crippen molar-refractivity contribution in [1.82, 2.24) is 0 Å². The third-order valence-electron chi connectivity index (χ3n) is 1.14. The molecule has 0 spiro atoms. The Bertz CT molecular complexity index is 96.6. The number of hydrogen-bond acceptors (Lipinski definition) is 0. The molecule has 0 fully saturated rings. The van der Waals surface area contributed by atoms with Crippen molar-refractivity contribution >= 4 is 0 Å². The van der Waals surface area contributed by atoms with E-state index in [4.69, 9.17) is 0 Å². The Morgan fingerprint density at radius 1 is 1.08 bits per heavy atom. The summed E-state index contributed by atoms with van der Waals surface area (Å²) < 4.78 is 0. The highest BCUT2D eigenvalue weighted by Crippen LogP contribution is 1.89. The molecule has 0 heterocycles. The van der Waals surface area contributed by atoms with E-state index in [1.165, 1.54) is 12.8 Å². The average molecular weight is 184 g/mol. The van der Waals surface area contributed by atoms with E-state index in [9.17, 15) is 0 Å². The minimum atomic E-state index is 1.10. The van der Waals surface area contributed by atoms with E-state index in [0.717, 1.165) is 12.0 Å². The predicted octanol–water partition coefficient (Wildman–Crippen LogP) is 5.36. The summed E-state index contributed by atoms with van der Waals surface area (Å²) in [6.07, 6.45) is 7.87. The Hall–Kier alpha value is -0.520. The van der Waals surface area contributed by atoms with Crippen LogP contribution in [-0.4, -0.2) is 0 Å². The molecule has 0 atom stereocenters. The second-order valence-electron chi connectivity index (χ2n) is 2.66. The monoisotopic (exact) mass is 184 g/mol. The highest BCUT2D eigenvalue weighted by Gasteiger charge is 1.67. The van der Waals surface area contributed by atoms with Gasteiger partial charge in [-0.05, 0) is 13.3 Å². The lowest BCUT2D eigenvalue weighted by atomic mass is 10.3. The molecule has 0 bridgehead atoms. The normalized spacial score (nSPS) is 8.15. The van der Waals surface area contributed by atoms with Gasteiger partial charge in [0.25, 0.3) is 0 Å². The van der Waals surface area contributed by atoms with Crippen LogP contribution in [0.2, 0.25) is 0 Å². The van der Waals surface area contributed by atoms with Gasteiger partial charge in [0.05, 0.1) is 0 Å². The first kappa shape index (κ1) is 18.3. The van der Waals surface area contributed by atoms with Gasteiger partial charge in [-0.15, -0.1) is 0 Å². The summed E-state index contributed by atoms with van der Waals surface area (Å²) in [6.45, 7) is 16.2. The maximum atomic E-state index is 3.71. The fourth-order valence-corrected chi connectivity index (χ4v) is 0.319. The number of unbranched alkanes of at least 4 members (excludes halogenated alkanes) is 1. The van der Waals surface area contributed by atoms with Crippen molar-refractivity contribution in [3.05, 3.63) is 24.3 Å². The lowest BCUT2D eigenvalue weighted by Crippen LogP contribution is -1.58. The molecule has 0 N–H and O–H groups in total. The highest BCUT2D eigenvalue weighted by atomic mass is 13.7. The van der Waals surface area contributed by atoms with Gasteiger partial charge in [-0.1, -0.05) is 71.8 Å². The molecule has 0 aliphatic rings. The summed E-state index contributed by atoms with van der Waals surface area (Å²) >= 11 is 0. The van der Waals surface area contributed by atoms with E-state index < -0.39 is 0 Å². The van der Waals surface area contributed by atoms with Crippen LogP contribution in [-0.2, 0) is 0 Å². The van der Waals surface area contributed by atoms with Crippen LogP contribution >= 0.6 is 0 Å². The second kappa shape index (κ2) is 22.5. The summed E-state index contributed by atoms with van der Waals surface area (Å²) in [7, 11) is 0. The smallest absolute Gasteiger partial charge is 0.0376 e. The summed E-state index contributed by atoms with van der Waals surface area (Å²) in [6, 6.07) is 0. The molecular weight excluding hydrogens is 156 g/mol. The zero-order chi connectivity index (χ0) is 11.1. The van der Waals surface area contributed by atoms with Crippen LogP contribution in [0.25, 0.3) is 0 Å². The largest absolute Gasteiger partial charge is 0.0961 e. The Morgan fingerprint density at radius 3 is 1.54 bits per heavy atom. The Balaban J connectivity index is -0.000000142. The van der Waals surface area contributed by atoms with Crippen molar-refractivity contribution in [3.63, 3.8) is 0 Å². The van der Waals surface area contributed by atoms with Gasteiger partial charge in [-0.2, -0.15) is 0 Å². The Kier molecular flexibility index (Phi) is 31.7. The first-order valence-electron chi connectivity index (χ1n) is 5.51. The van der Waals surface area contributed by atoms with E-state index in [1.807, 2.05) is 26.8 Å². The van der Waals surface area contributed by atoms with E-state index in [0.29, 0.717) is 0 Å². The lowest BCUT2D eigenvalue weighted by molar-refractivity contribution is 0.886. The molecule has 0 heteroatoms. The fraction of sp³-hybridized carbons (Fsp3) is 0.692. The first-order chi connectivity index (χ1) is 6.18. The maximum absolute atomic E-state index is 3.71. The van der Waals surface area contributed by atoms with Crippen molar-refractivity contribution in [1.29, 1.82) is 0 Å². The standard InChI is InChI=1S/C7H12.C4H10.C2H6/c1-4-5-6-7(2)3;1-3-4-2;1-2/h5-6H,2,4H2,1,3H3;3-4H2,1-2H3;1-2H3/b6-5-;;. The molecule has 0 aliphatic heterocycles. The Morgan fingerprint density at radius 2 is 1.46 bits per heavy atom.